The van der Waals surface area contributed by atoms with Crippen LogP contribution >= 0.6 is 23.2 Å². The zero-order chi connectivity index (χ0) is 22.2. The Balaban J connectivity index is 1.56. The number of nitrogens with two attached hydrogens (primary N) is 1. The van der Waals surface area contributed by atoms with E-state index in [0.717, 1.165) is 37.1 Å². The van der Waals surface area contributed by atoms with E-state index in [1.165, 1.54) is 12.1 Å². The van der Waals surface area contributed by atoms with Crippen molar-refractivity contribution in [3.63, 3.8) is 0 Å². The molecule has 0 unspecified atom stereocenters. The summed E-state index contributed by atoms with van der Waals surface area (Å²) in [5, 5.41) is 16.0. The van der Waals surface area contributed by atoms with Crippen molar-refractivity contribution in [2.45, 2.75) is 18.9 Å². The SMILES string of the molecule is Nc1nccc(-c2cnn(C3CCNCC3)c2)c1-c1nnc(-c2c(Cl)ccc(F)c2Cl)o1. The molecule has 0 radical (unpaired) electrons. The fourth-order valence-corrected chi connectivity index (χ4v) is 4.37. The third-order valence-corrected chi connectivity index (χ3v) is 6.16. The zero-order valence-corrected chi connectivity index (χ0v) is 18.2. The van der Waals surface area contributed by atoms with Gasteiger partial charge in [0.25, 0.3) is 11.8 Å². The van der Waals surface area contributed by atoms with Gasteiger partial charge in [-0.15, -0.1) is 10.2 Å². The van der Waals surface area contributed by atoms with Gasteiger partial charge in [0, 0.05) is 23.5 Å². The van der Waals surface area contributed by atoms with Crippen LogP contribution in [0, 0.1) is 5.82 Å². The summed E-state index contributed by atoms with van der Waals surface area (Å²) in [6, 6.07) is 4.69. The number of nitrogens with zero attached hydrogens (tertiary/aromatic N) is 5. The molecule has 0 saturated carbocycles. The number of aromatic nitrogens is 5. The number of hydrogen-bond donors (Lipinski definition) is 2. The molecule has 3 aromatic heterocycles. The van der Waals surface area contributed by atoms with E-state index in [-0.39, 0.29) is 33.2 Å². The van der Waals surface area contributed by atoms with E-state index in [2.05, 4.69) is 25.6 Å². The van der Waals surface area contributed by atoms with Gasteiger partial charge in [-0.3, -0.25) is 4.68 Å². The van der Waals surface area contributed by atoms with Crippen LogP contribution in [0.5, 0.6) is 0 Å². The second-order valence-corrected chi connectivity index (χ2v) is 8.22. The number of pyridine rings is 1. The average Bonchev–Trinajstić information content (AvgIpc) is 3.47. The van der Waals surface area contributed by atoms with Gasteiger partial charge in [0.05, 0.1) is 33.4 Å². The number of hydrogen-bond acceptors (Lipinski definition) is 7. The summed E-state index contributed by atoms with van der Waals surface area (Å²) < 4.78 is 21.8. The fraction of sp³-hybridized carbons (Fsp3) is 0.238. The first-order chi connectivity index (χ1) is 15.5. The topological polar surface area (TPSA) is 108 Å². The Morgan fingerprint density at radius 1 is 1.09 bits per heavy atom. The summed E-state index contributed by atoms with van der Waals surface area (Å²) >= 11 is 12.3. The van der Waals surface area contributed by atoms with Crippen LogP contribution in [-0.4, -0.2) is 38.1 Å². The highest BCUT2D eigenvalue weighted by molar-refractivity contribution is 6.39. The maximum absolute atomic E-state index is 14.0. The minimum Gasteiger partial charge on any atom is -0.416 e. The molecule has 3 N–H and O–H groups in total. The Morgan fingerprint density at radius 3 is 2.62 bits per heavy atom. The number of anilines is 1. The highest BCUT2D eigenvalue weighted by Gasteiger charge is 2.24. The van der Waals surface area contributed by atoms with Crippen LogP contribution in [0.15, 0.2) is 41.2 Å². The van der Waals surface area contributed by atoms with Gasteiger partial charge >= 0.3 is 0 Å². The first-order valence-corrected chi connectivity index (χ1v) is 10.8. The molecule has 1 saturated heterocycles. The molecule has 0 aliphatic carbocycles. The highest BCUT2D eigenvalue weighted by Crippen LogP contribution is 2.39. The van der Waals surface area contributed by atoms with Gasteiger partial charge in [-0.25, -0.2) is 9.37 Å². The summed E-state index contributed by atoms with van der Waals surface area (Å²) in [4.78, 5) is 4.17. The van der Waals surface area contributed by atoms with Crippen molar-refractivity contribution in [1.82, 2.24) is 30.3 Å². The molecule has 0 spiro atoms. The Labute approximate surface area is 192 Å². The molecule has 8 nitrogen and oxygen atoms in total. The van der Waals surface area contributed by atoms with Crippen molar-refractivity contribution in [3.8, 4) is 34.0 Å². The Kier molecular flexibility index (Phi) is 5.54. The summed E-state index contributed by atoms with van der Waals surface area (Å²) in [6.07, 6.45) is 7.38. The largest absolute Gasteiger partial charge is 0.416 e. The monoisotopic (exact) mass is 473 g/mol. The van der Waals surface area contributed by atoms with Crippen molar-refractivity contribution in [3.05, 3.63) is 52.7 Å². The van der Waals surface area contributed by atoms with Gasteiger partial charge in [0.2, 0.25) is 0 Å². The predicted octanol–water partition coefficient (Wildman–Crippen LogP) is 4.61. The Hall–Kier alpha value is -3.01. The van der Waals surface area contributed by atoms with Crippen LogP contribution in [-0.2, 0) is 0 Å². The first kappa shape index (κ1) is 20.9. The minimum atomic E-state index is -0.641. The van der Waals surface area contributed by atoms with Crippen LogP contribution in [0.25, 0.3) is 34.0 Å². The molecule has 164 valence electrons. The standard InChI is InChI=1S/C21H18Cl2FN7O/c22-14-1-2-15(24)18(23)17(14)21-30-29-20(32-21)16-13(5-8-27-19(16)25)11-9-28-31(10-11)12-3-6-26-7-4-12/h1-2,5,8-10,12,26H,3-4,6-7H2,(H2,25,27). The van der Waals surface area contributed by atoms with E-state index in [1.54, 1.807) is 12.4 Å². The van der Waals surface area contributed by atoms with E-state index in [0.29, 0.717) is 11.6 Å². The summed E-state index contributed by atoms with van der Waals surface area (Å²) in [5.74, 6) is -0.331. The fourth-order valence-electron chi connectivity index (χ4n) is 3.84. The van der Waals surface area contributed by atoms with Crippen LogP contribution in [0.1, 0.15) is 18.9 Å². The molecule has 4 heterocycles. The lowest BCUT2D eigenvalue weighted by atomic mass is 10.0. The van der Waals surface area contributed by atoms with Crippen LogP contribution in [0.3, 0.4) is 0 Å². The van der Waals surface area contributed by atoms with Gasteiger partial charge in [0.15, 0.2) is 0 Å². The molecule has 0 bridgehead atoms. The molecule has 11 heteroatoms. The van der Waals surface area contributed by atoms with E-state index in [1.807, 2.05) is 16.9 Å². The van der Waals surface area contributed by atoms with E-state index in [9.17, 15) is 4.39 Å². The van der Waals surface area contributed by atoms with Crippen LogP contribution in [0.2, 0.25) is 10.0 Å². The summed E-state index contributed by atoms with van der Waals surface area (Å²) in [6.45, 7) is 1.92. The molecule has 1 fully saturated rings. The number of benzene rings is 1. The predicted molar refractivity (Wildman–Crippen MR) is 120 cm³/mol. The van der Waals surface area contributed by atoms with Gasteiger partial charge in [0.1, 0.15) is 11.6 Å². The van der Waals surface area contributed by atoms with Crippen LogP contribution in [0.4, 0.5) is 10.2 Å². The Bertz CT molecular complexity index is 1280. The minimum absolute atomic E-state index is 0.0193. The number of halogens is 3. The molecule has 1 aromatic carbocycles. The van der Waals surface area contributed by atoms with Crippen molar-refractivity contribution in [1.29, 1.82) is 0 Å². The quantitative estimate of drug-likeness (QED) is 0.416. The lowest BCUT2D eigenvalue weighted by Gasteiger charge is -2.22. The molecule has 0 amide bonds. The third kappa shape index (κ3) is 3.72. The first-order valence-electron chi connectivity index (χ1n) is 10.0. The number of piperidine rings is 1. The van der Waals surface area contributed by atoms with Gasteiger partial charge in [-0.05, 0) is 44.1 Å². The van der Waals surface area contributed by atoms with E-state index < -0.39 is 5.82 Å². The van der Waals surface area contributed by atoms with Gasteiger partial charge in [-0.2, -0.15) is 5.10 Å². The van der Waals surface area contributed by atoms with Crippen molar-refractivity contribution < 1.29 is 8.81 Å². The summed E-state index contributed by atoms with van der Waals surface area (Å²) in [5.41, 5.74) is 8.35. The van der Waals surface area contributed by atoms with Crippen LogP contribution < -0.4 is 11.1 Å². The zero-order valence-electron chi connectivity index (χ0n) is 16.7. The molecule has 4 aromatic rings. The lowest BCUT2D eigenvalue weighted by Crippen LogP contribution is -2.29. The maximum atomic E-state index is 14.0. The highest BCUT2D eigenvalue weighted by atomic mass is 35.5. The molecule has 1 aliphatic rings. The second-order valence-electron chi connectivity index (χ2n) is 7.44. The number of rotatable bonds is 4. The summed E-state index contributed by atoms with van der Waals surface area (Å²) in [7, 11) is 0. The van der Waals surface area contributed by atoms with Crippen molar-refractivity contribution in [2.75, 3.05) is 18.8 Å². The van der Waals surface area contributed by atoms with Gasteiger partial charge in [-0.1, -0.05) is 23.2 Å². The molecule has 5 rings (SSSR count). The molecule has 1 aliphatic heterocycles. The van der Waals surface area contributed by atoms with E-state index >= 15 is 0 Å². The maximum Gasteiger partial charge on any atom is 0.252 e. The molecular formula is C21H18Cl2FN7O. The molecule has 32 heavy (non-hydrogen) atoms. The van der Waals surface area contributed by atoms with E-state index in [4.69, 9.17) is 33.4 Å². The second kappa shape index (κ2) is 8.50. The van der Waals surface area contributed by atoms with Crippen molar-refractivity contribution in [2.24, 2.45) is 0 Å². The molecular weight excluding hydrogens is 456 g/mol. The molecule has 0 atom stereocenters. The smallest absolute Gasteiger partial charge is 0.252 e. The third-order valence-electron chi connectivity index (χ3n) is 5.47. The van der Waals surface area contributed by atoms with Gasteiger partial charge < -0.3 is 15.5 Å². The number of nitrogen functional groups attached to an aromatic ring is 1. The van der Waals surface area contributed by atoms with Crippen molar-refractivity contribution >= 4 is 29.0 Å². The lowest BCUT2D eigenvalue weighted by molar-refractivity contribution is 0.343. The Morgan fingerprint density at radius 2 is 1.84 bits per heavy atom. The number of nitrogens with one attached hydrogen (secondary N) is 1. The normalized spacial score (nSPS) is 14.7. The average molecular weight is 474 g/mol.